The third kappa shape index (κ3) is 2.21. The number of anilines is 1. The van der Waals surface area contributed by atoms with Gasteiger partial charge in [-0.1, -0.05) is 19.0 Å². The molecule has 0 unspecified atom stereocenters. The summed E-state index contributed by atoms with van der Waals surface area (Å²) in [6, 6.07) is 0.449. The van der Waals surface area contributed by atoms with Gasteiger partial charge >= 0.3 is 6.01 Å². The Labute approximate surface area is 93.7 Å². The first-order valence-electron chi connectivity index (χ1n) is 5.21. The molecule has 0 bridgehead atoms. The van der Waals surface area contributed by atoms with Crippen molar-refractivity contribution in [1.82, 2.24) is 19.7 Å². The SMILES string of the molecule is CC(C)CNc1nc(-c2cncn2C)no1. The van der Waals surface area contributed by atoms with Gasteiger partial charge in [0, 0.05) is 13.6 Å². The summed E-state index contributed by atoms with van der Waals surface area (Å²) in [5.74, 6) is 1.08. The number of nitrogens with one attached hydrogen (secondary N) is 1. The van der Waals surface area contributed by atoms with Crippen molar-refractivity contribution in [1.29, 1.82) is 0 Å². The number of aromatic nitrogens is 4. The number of hydrogen-bond acceptors (Lipinski definition) is 5. The van der Waals surface area contributed by atoms with Crippen LogP contribution in [0.5, 0.6) is 0 Å². The summed E-state index contributed by atoms with van der Waals surface area (Å²) in [4.78, 5) is 8.24. The fourth-order valence-electron chi connectivity index (χ4n) is 1.26. The highest BCUT2D eigenvalue weighted by Gasteiger charge is 2.11. The standard InChI is InChI=1S/C10H15N5O/c1-7(2)4-12-10-13-9(14-16-10)8-5-11-6-15(8)3/h5-7H,4H2,1-3H3,(H,12,13,14). The second kappa shape index (κ2) is 4.34. The Hall–Kier alpha value is -1.85. The second-order valence-electron chi connectivity index (χ2n) is 4.09. The molecule has 0 aromatic carbocycles. The Morgan fingerprint density at radius 3 is 2.94 bits per heavy atom. The zero-order valence-electron chi connectivity index (χ0n) is 9.64. The van der Waals surface area contributed by atoms with Crippen LogP contribution in [-0.4, -0.2) is 26.2 Å². The van der Waals surface area contributed by atoms with E-state index in [1.54, 1.807) is 12.5 Å². The van der Waals surface area contributed by atoms with Crippen molar-refractivity contribution in [3.05, 3.63) is 12.5 Å². The van der Waals surface area contributed by atoms with E-state index in [1.165, 1.54) is 0 Å². The zero-order valence-corrected chi connectivity index (χ0v) is 9.64. The van der Waals surface area contributed by atoms with Gasteiger partial charge in [0.05, 0.1) is 12.5 Å². The van der Waals surface area contributed by atoms with Gasteiger partial charge in [-0.05, 0) is 5.92 Å². The fraction of sp³-hybridized carbons (Fsp3) is 0.500. The van der Waals surface area contributed by atoms with Crippen LogP contribution in [0.3, 0.4) is 0 Å². The van der Waals surface area contributed by atoms with E-state index < -0.39 is 0 Å². The average molecular weight is 221 g/mol. The van der Waals surface area contributed by atoms with E-state index in [1.807, 2.05) is 11.6 Å². The molecule has 2 rings (SSSR count). The van der Waals surface area contributed by atoms with Gasteiger partial charge in [-0.25, -0.2) is 4.98 Å². The van der Waals surface area contributed by atoms with Gasteiger partial charge in [0.2, 0.25) is 5.82 Å². The molecule has 0 atom stereocenters. The monoisotopic (exact) mass is 221 g/mol. The third-order valence-electron chi connectivity index (χ3n) is 2.13. The summed E-state index contributed by atoms with van der Waals surface area (Å²) < 4.78 is 6.92. The van der Waals surface area contributed by atoms with Crippen molar-refractivity contribution in [2.75, 3.05) is 11.9 Å². The molecule has 6 nitrogen and oxygen atoms in total. The minimum Gasteiger partial charge on any atom is -0.337 e. The number of aryl methyl sites for hydroxylation is 1. The van der Waals surface area contributed by atoms with Crippen LogP contribution in [0.2, 0.25) is 0 Å². The molecule has 0 aliphatic heterocycles. The highest BCUT2D eigenvalue weighted by Crippen LogP contribution is 2.16. The van der Waals surface area contributed by atoms with E-state index in [0.29, 0.717) is 17.8 Å². The maximum atomic E-state index is 5.08. The van der Waals surface area contributed by atoms with E-state index in [2.05, 4.69) is 34.3 Å². The molecule has 0 saturated heterocycles. The lowest BCUT2D eigenvalue weighted by Gasteiger charge is -2.02. The molecule has 1 N–H and O–H groups in total. The lowest BCUT2D eigenvalue weighted by molar-refractivity contribution is 0.429. The summed E-state index contributed by atoms with van der Waals surface area (Å²) in [7, 11) is 1.89. The maximum absolute atomic E-state index is 5.08. The first-order valence-corrected chi connectivity index (χ1v) is 5.21. The summed E-state index contributed by atoms with van der Waals surface area (Å²) in [6.45, 7) is 5.05. The van der Waals surface area contributed by atoms with Crippen LogP contribution < -0.4 is 5.32 Å². The number of nitrogens with zero attached hydrogens (tertiary/aromatic N) is 4. The third-order valence-corrected chi connectivity index (χ3v) is 2.13. The van der Waals surface area contributed by atoms with Crippen molar-refractivity contribution < 1.29 is 4.52 Å². The Morgan fingerprint density at radius 2 is 2.31 bits per heavy atom. The van der Waals surface area contributed by atoms with Crippen LogP contribution in [0.1, 0.15) is 13.8 Å². The highest BCUT2D eigenvalue weighted by molar-refractivity contribution is 5.49. The van der Waals surface area contributed by atoms with Gasteiger partial charge in [-0.3, -0.25) is 0 Å². The lowest BCUT2D eigenvalue weighted by Crippen LogP contribution is -2.07. The number of imidazole rings is 1. The summed E-state index contributed by atoms with van der Waals surface area (Å²) in [5, 5.41) is 6.96. The number of hydrogen-bond donors (Lipinski definition) is 1. The van der Waals surface area contributed by atoms with E-state index in [0.717, 1.165) is 12.2 Å². The van der Waals surface area contributed by atoms with Crippen LogP contribution in [0.15, 0.2) is 17.0 Å². The van der Waals surface area contributed by atoms with Gasteiger partial charge in [-0.15, -0.1) is 0 Å². The second-order valence-corrected chi connectivity index (χ2v) is 4.09. The molecule has 2 aromatic rings. The van der Waals surface area contributed by atoms with E-state index >= 15 is 0 Å². The molecular weight excluding hydrogens is 206 g/mol. The van der Waals surface area contributed by atoms with E-state index in [-0.39, 0.29) is 0 Å². The molecule has 0 aliphatic carbocycles. The van der Waals surface area contributed by atoms with Gasteiger partial charge < -0.3 is 14.4 Å². The molecule has 0 spiro atoms. The topological polar surface area (TPSA) is 68.8 Å². The molecule has 6 heteroatoms. The van der Waals surface area contributed by atoms with Gasteiger partial charge in [-0.2, -0.15) is 4.98 Å². The Morgan fingerprint density at radius 1 is 1.50 bits per heavy atom. The highest BCUT2D eigenvalue weighted by atomic mass is 16.5. The Bertz CT molecular complexity index is 459. The quantitative estimate of drug-likeness (QED) is 0.848. The molecule has 0 aliphatic rings. The van der Waals surface area contributed by atoms with Crippen molar-refractivity contribution in [2.24, 2.45) is 13.0 Å². The largest absolute Gasteiger partial charge is 0.337 e. The lowest BCUT2D eigenvalue weighted by atomic mass is 10.2. The van der Waals surface area contributed by atoms with Crippen LogP contribution in [0.25, 0.3) is 11.5 Å². The zero-order chi connectivity index (χ0) is 11.5. The van der Waals surface area contributed by atoms with Crippen LogP contribution in [0, 0.1) is 5.92 Å². The van der Waals surface area contributed by atoms with Gasteiger partial charge in [0.25, 0.3) is 0 Å². The molecule has 2 heterocycles. The van der Waals surface area contributed by atoms with E-state index in [4.69, 9.17) is 4.52 Å². The van der Waals surface area contributed by atoms with Crippen molar-refractivity contribution in [2.45, 2.75) is 13.8 Å². The predicted molar refractivity (Wildman–Crippen MR) is 59.8 cm³/mol. The summed E-state index contributed by atoms with van der Waals surface area (Å²) >= 11 is 0. The Kier molecular flexibility index (Phi) is 2.89. The van der Waals surface area contributed by atoms with Crippen molar-refractivity contribution in [3.8, 4) is 11.5 Å². The Balaban J connectivity index is 2.11. The molecule has 0 saturated carbocycles. The smallest absolute Gasteiger partial charge is 0.321 e. The molecule has 2 aromatic heterocycles. The summed E-state index contributed by atoms with van der Waals surface area (Å²) in [6.07, 6.45) is 3.41. The molecule has 86 valence electrons. The minimum atomic E-state index is 0.449. The molecule has 0 fully saturated rings. The molecule has 16 heavy (non-hydrogen) atoms. The van der Waals surface area contributed by atoms with Crippen LogP contribution >= 0.6 is 0 Å². The van der Waals surface area contributed by atoms with Crippen molar-refractivity contribution >= 4 is 6.01 Å². The van der Waals surface area contributed by atoms with Crippen molar-refractivity contribution in [3.63, 3.8) is 0 Å². The molecule has 0 radical (unpaired) electrons. The average Bonchev–Trinajstić information content (AvgIpc) is 2.83. The van der Waals surface area contributed by atoms with Gasteiger partial charge in [0.15, 0.2) is 0 Å². The predicted octanol–water partition coefficient (Wildman–Crippen LogP) is 1.54. The minimum absolute atomic E-state index is 0.449. The van der Waals surface area contributed by atoms with Crippen LogP contribution in [0.4, 0.5) is 6.01 Å². The normalized spacial score (nSPS) is 11.0. The molecular formula is C10H15N5O. The molecule has 0 amide bonds. The number of rotatable bonds is 4. The van der Waals surface area contributed by atoms with Crippen LogP contribution in [-0.2, 0) is 7.05 Å². The first-order chi connectivity index (χ1) is 7.66. The maximum Gasteiger partial charge on any atom is 0.321 e. The fourth-order valence-corrected chi connectivity index (χ4v) is 1.26. The first kappa shape index (κ1) is 10.7. The van der Waals surface area contributed by atoms with E-state index in [9.17, 15) is 0 Å². The summed E-state index contributed by atoms with van der Waals surface area (Å²) in [5.41, 5.74) is 0.835. The van der Waals surface area contributed by atoms with Gasteiger partial charge in [0.1, 0.15) is 5.69 Å².